The fraction of sp³-hybridized carbons (Fsp3) is 0.467. The normalized spacial score (nSPS) is 13.9. The molecule has 0 bridgehead atoms. The van der Waals surface area contributed by atoms with Crippen molar-refractivity contribution in [2.75, 3.05) is 13.7 Å². The van der Waals surface area contributed by atoms with Crippen molar-refractivity contribution in [2.45, 2.75) is 31.9 Å². The highest BCUT2D eigenvalue weighted by Gasteiger charge is 2.10. The molecule has 2 N–H and O–H groups in total. The van der Waals surface area contributed by atoms with Gasteiger partial charge in [0, 0.05) is 12.6 Å². The third kappa shape index (κ3) is 5.35. The fourth-order valence-corrected chi connectivity index (χ4v) is 2.35. The maximum Gasteiger partial charge on any atom is 0.133 e. The molecule has 19 heavy (non-hydrogen) atoms. The molecule has 0 aliphatic heterocycles. The molecule has 1 aromatic carbocycles. The molecule has 2 atom stereocenters. The first-order chi connectivity index (χ1) is 9.08. The quantitative estimate of drug-likeness (QED) is 0.719. The maximum absolute atomic E-state index is 9.77. The van der Waals surface area contributed by atoms with Crippen molar-refractivity contribution in [1.29, 1.82) is 0 Å². The van der Waals surface area contributed by atoms with Gasteiger partial charge in [0.15, 0.2) is 0 Å². The Bertz CT molecular complexity index is 409. The van der Waals surface area contributed by atoms with Gasteiger partial charge in [-0.15, -0.1) is 6.58 Å². The lowest BCUT2D eigenvalue weighted by Crippen LogP contribution is -2.29. The van der Waals surface area contributed by atoms with Gasteiger partial charge in [0.25, 0.3) is 0 Å². The monoisotopic (exact) mass is 327 g/mol. The molecule has 0 aromatic heterocycles. The number of benzene rings is 1. The van der Waals surface area contributed by atoms with Crippen LogP contribution in [0.4, 0.5) is 0 Å². The van der Waals surface area contributed by atoms with E-state index < -0.39 is 0 Å². The van der Waals surface area contributed by atoms with Crippen molar-refractivity contribution in [2.24, 2.45) is 0 Å². The molecule has 1 rings (SSSR count). The number of aliphatic hydroxyl groups is 1. The Kier molecular flexibility index (Phi) is 7.13. The summed E-state index contributed by atoms with van der Waals surface area (Å²) >= 11 is 3.48. The number of allylic oxidation sites excluding steroid dienone is 1. The van der Waals surface area contributed by atoms with Crippen LogP contribution in [-0.4, -0.2) is 24.9 Å². The number of nitrogens with one attached hydrogen (secondary N) is 1. The summed E-state index contributed by atoms with van der Waals surface area (Å²) < 4.78 is 6.14. The highest BCUT2D eigenvalue weighted by Crippen LogP contribution is 2.27. The predicted molar refractivity (Wildman–Crippen MR) is 82.5 cm³/mol. The van der Waals surface area contributed by atoms with Crippen molar-refractivity contribution >= 4 is 15.9 Å². The second kappa shape index (κ2) is 8.35. The van der Waals surface area contributed by atoms with Crippen molar-refractivity contribution < 1.29 is 9.84 Å². The molecule has 0 saturated heterocycles. The van der Waals surface area contributed by atoms with E-state index in [0.717, 1.165) is 28.6 Å². The third-order valence-electron chi connectivity index (χ3n) is 3.04. The van der Waals surface area contributed by atoms with Gasteiger partial charge < -0.3 is 15.2 Å². The Balaban J connectivity index is 2.51. The Labute approximate surface area is 123 Å². The molecule has 0 saturated carbocycles. The van der Waals surface area contributed by atoms with E-state index in [2.05, 4.69) is 34.7 Å². The van der Waals surface area contributed by atoms with Gasteiger partial charge in [0.05, 0.1) is 17.7 Å². The van der Waals surface area contributed by atoms with Gasteiger partial charge in [0.1, 0.15) is 5.75 Å². The van der Waals surface area contributed by atoms with Gasteiger partial charge in [-0.1, -0.05) is 12.1 Å². The Morgan fingerprint density at radius 3 is 2.84 bits per heavy atom. The van der Waals surface area contributed by atoms with Gasteiger partial charge in [-0.3, -0.25) is 0 Å². The molecule has 0 aliphatic carbocycles. The van der Waals surface area contributed by atoms with Gasteiger partial charge in [0.2, 0.25) is 0 Å². The third-order valence-corrected chi connectivity index (χ3v) is 3.66. The molecule has 0 aliphatic rings. The van der Waals surface area contributed by atoms with Crippen LogP contribution < -0.4 is 10.1 Å². The number of hydrogen-bond donors (Lipinski definition) is 2. The SMILES string of the molecule is C=CCCC(O)CNC(C)c1ccc(OC)c(Br)c1. The zero-order chi connectivity index (χ0) is 14.3. The average molecular weight is 328 g/mol. The number of hydrogen-bond acceptors (Lipinski definition) is 3. The summed E-state index contributed by atoms with van der Waals surface area (Å²) in [5, 5.41) is 13.1. The fourth-order valence-electron chi connectivity index (χ4n) is 1.79. The van der Waals surface area contributed by atoms with E-state index in [-0.39, 0.29) is 12.1 Å². The Morgan fingerprint density at radius 1 is 1.53 bits per heavy atom. The number of rotatable bonds is 8. The second-order valence-corrected chi connectivity index (χ2v) is 5.40. The van der Waals surface area contributed by atoms with Crippen LogP contribution in [0.2, 0.25) is 0 Å². The minimum Gasteiger partial charge on any atom is -0.496 e. The lowest BCUT2D eigenvalue weighted by atomic mass is 10.1. The summed E-state index contributed by atoms with van der Waals surface area (Å²) in [7, 11) is 1.65. The maximum atomic E-state index is 9.77. The van der Waals surface area contributed by atoms with Gasteiger partial charge in [-0.25, -0.2) is 0 Å². The van der Waals surface area contributed by atoms with Crippen LogP contribution in [0.3, 0.4) is 0 Å². The van der Waals surface area contributed by atoms with E-state index in [1.807, 2.05) is 24.3 Å². The molecule has 106 valence electrons. The Morgan fingerprint density at radius 2 is 2.26 bits per heavy atom. The molecule has 0 radical (unpaired) electrons. The number of methoxy groups -OCH3 is 1. The lowest BCUT2D eigenvalue weighted by molar-refractivity contribution is 0.159. The molecule has 1 aromatic rings. The minimum atomic E-state index is -0.331. The second-order valence-electron chi connectivity index (χ2n) is 4.54. The molecular weight excluding hydrogens is 306 g/mol. The smallest absolute Gasteiger partial charge is 0.133 e. The summed E-state index contributed by atoms with van der Waals surface area (Å²) in [6.07, 6.45) is 3.08. The Hall–Kier alpha value is -0.840. The number of ether oxygens (including phenoxy) is 1. The summed E-state index contributed by atoms with van der Waals surface area (Å²) in [5.74, 6) is 0.821. The van der Waals surface area contributed by atoms with Crippen LogP contribution in [0.5, 0.6) is 5.75 Å². The van der Waals surface area contributed by atoms with Crippen LogP contribution in [0.1, 0.15) is 31.4 Å². The topological polar surface area (TPSA) is 41.5 Å². The summed E-state index contributed by atoms with van der Waals surface area (Å²) in [6, 6.07) is 6.18. The van der Waals surface area contributed by atoms with Crippen LogP contribution in [0.25, 0.3) is 0 Å². The van der Waals surface area contributed by atoms with Crippen LogP contribution in [-0.2, 0) is 0 Å². The lowest BCUT2D eigenvalue weighted by Gasteiger charge is -2.18. The van der Waals surface area contributed by atoms with Gasteiger partial charge in [-0.05, 0) is 53.4 Å². The molecule has 0 spiro atoms. The van der Waals surface area contributed by atoms with Gasteiger partial charge >= 0.3 is 0 Å². The summed E-state index contributed by atoms with van der Waals surface area (Å²) in [6.45, 7) is 6.31. The highest BCUT2D eigenvalue weighted by atomic mass is 79.9. The first kappa shape index (κ1) is 16.2. The standard InChI is InChI=1S/C15H22BrNO2/c1-4-5-6-13(18)10-17-11(2)12-7-8-15(19-3)14(16)9-12/h4,7-9,11,13,17-18H,1,5-6,10H2,2-3H3. The van der Waals surface area contributed by atoms with Crippen molar-refractivity contribution in [3.8, 4) is 5.75 Å². The average Bonchev–Trinajstić information content (AvgIpc) is 2.42. The van der Waals surface area contributed by atoms with Gasteiger partial charge in [-0.2, -0.15) is 0 Å². The molecular formula is C15H22BrNO2. The predicted octanol–water partition coefficient (Wildman–Crippen LogP) is 3.44. The summed E-state index contributed by atoms with van der Waals surface area (Å²) in [5.41, 5.74) is 1.16. The molecule has 2 unspecified atom stereocenters. The molecule has 0 fully saturated rings. The molecule has 0 heterocycles. The van der Waals surface area contributed by atoms with Crippen LogP contribution in [0.15, 0.2) is 35.3 Å². The first-order valence-corrected chi connectivity index (χ1v) is 7.23. The highest BCUT2D eigenvalue weighted by molar-refractivity contribution is 9.10. The first-order valence-electron chi connectivity index (χ1n) is 6.44. The van der Waals surface area contributed by atoms with Crippen molar-refractivity contribution in [3.05, 3.63) is 40.9 Å². The number of halogens is 1. The molecule has 3 nitrogen and oxygen atoms in total. The molecule has 4 heteroatoms. The van der Waals surface area contributed by atoms with E-state index >= 15 is 0 Å². The van der Waals surface area contributed by atoms with E-state index in [9.17, 15) is 5.11 Å². The van der Waals surface area contributed by atoms with E-state index in [1.165, 1.54) is 0 Å². The van der Waals surface area contributed by atoms with Crippen LogP contribution in [0, 0.1) is 0 Å². The largest absolute Gasteiger partial charge is 0.496 e. The van der Waals surface area contributed by atoms with Crippen molar-refractivity contribution in [1.82, 2.24) is 5.32 Å². The molecule has 0 amide bonds. The van der Waals surface area contributed by atoms with Crippen molar-refractivity contribution in [3.63, 3.8) is 0 Å². The number of aliphatic hydroxyl groups excluding tert-OH is 1. The van der Waals surface area contributed by atoms with E-state index in [4.69, 9.17) is 4.74 Å². The van der Waals surface area contributed by atoms with E-state index in [1.54, 1.807) is 7.11 Å². The zero-order valence-corrected chi connectivity index (χ0v) is 13.1. The minimum absolute atomic E-state index is 0.181. The van der Waals surface area contributed by atoms with E-state index in [0.29, 0.717) is 6.54 Å². The zero-order valence-electron chi connectivity index (χ0n) is 11.5. The summed E-state index contributed by atoms with van der Waals surface area (Å²) in [4.78, 5) is 0. The van der Waals surface area contributed by atoms with Crippen LogP contribution >= 0.6 is 15.9 Å².